The van der Waals surface area contributed by atoms with Gasteiger partial charge >= 0.3 is 11.1 Å². The van der Waals surface area contributed by atoms with Crippen molar-refractivity contribution in [3.05, 3.63) is 73.7 Å². The van der Waals surface area contributed by atoms with Crippen LogP contribution >= 0.6 is 11.3 Å². The van der Waals surface area contributed by atoms with E-state index in [1.54, 1.807) is 29.5 Å². The van der Waals surface area contributed by atoms with Gasteiger partial charge in [-0.05, 0) is 50.1 Å². The summed E-state index contributed by atoms with van der Waals surface area (Å²) in [5, 5.41) is 1.08. The highest BCUT2D eigenvalue weighted by molar-refractivity contribution is 7.18. The lowest BCUT2D eigenvalue weighted by molar-refractivity contribution is 0.0707. The van der Waals surface area contributed by atoms with Crippen LogP contribution in [0.1, 0.15) is 41.0 Å². The van der Waals surface area contributed by atoms with E-state index in [-0.39, 0.29) is 11.8 Å². The number of fused-ring (bicyclic) bond motifs is 2. The van der Waals surface area contributed by atoms with Crippen molar-refractivity contribution in [3.8, 4) is 0 Å². The minimum atomic E-state index is -0.673. The number of hydrogen-bond acceptors (Lipinski definition) is 5. The van der Waals surface area contributed by atoms with Crippen LogP contribution in [0, 0.1) is 0 Å². The van der Waals surface area contributed by atoms with Gasteiger partial charge in [0.2, 0.25) is 0 Å². The maximum absolute atomic E-state index is 13.2. The van der Waals surface area contributed by atoms with Gasteiger partial charge in [0, 0.05) is 31.1 Å². The molecular weight excluding hydrogens is 412 g/mol. The number of carbonyl (C=O) groups is 1. The molecule has 1 atom stereocenters. The third kappa shape index (κ3) is 3.46. The molecule has 0 saturated carbocycles. The molecule has 0 unspecified atom stereocenters. The van der Waals surface area contributed by atoms with E-state index in [1.807, 2.05) is 30.0 Å². The van der Waals surface area contributed by atoms with Crippen molar-refractivity contribution in [2.24, 2.45) is 0 Å². The summed E-state index contributed by atoms with van der Waals surface area (Å²) >= 11 is 1.70. The van der Waals surface area contributed by atoms with Gasteiger partial charge in [-0.2, -0.15) is 0 Å². The first-order valence-corrected chi connectivity index (χ1v) is 11.3. The molecule has 1 aliphatic heterocycles. The molecule has 1 N–H and O–H groups in total. The van der Waals surface area contributed by atoms with Crippen LogP contribution in [0.15, 0.2) is 52.1 Å². The second-order valence-corrected chi connectivity index (χ2v) is 8.91. The van der Waals surface area contributed by atoms with E-state index in [2.05, 4.69) is 11.1 Å². The summed E-state index contributed by atoms with van der Waals surface area (Å²) in [6.07, 6.45) is 1.93. The second-order valence-electron chi connectivity index (χ2n) is 7.85. The molecule has 0 spiro atoms. The zero-order valence-corrected chi connectivity index (χ0v) is 17.9. The first kappa shape index (κ1) is 19.7. The maximum atomic E-state index is 13.2. The second kappa shape index (κ2) is 7.77. The number of carbonyl (C=O) groups excluding carboxylic acids is 1. The number of aromatic nitrogens is 3. The molecule has 2 aromatic heterocycles. The predicted molar refractivity (Wildman–Crippen MR) is 122 cm³/mol. The fourth-order valence-electron chi connectivity index (χ4n) is 4.34. The average molecular weight is 435 g/mol. The van der Waals surface area contributed by atoms with Gasteiger partial charge in [0.05, 0.1) is 26.3 Å². The first-order chi connectivity index (χ1) is 15.0. The van der Waals surface area contributed by atoms with Crippen molar-refractivity contribution in [2.75, 3.05) is 13.1 Å². The molecule has 1 amide bonds. The molecule has 5 rings (SSSR count). The lowest BCUT2D eigenvalue weighted by Crippen LogP contribution is -2.39. The highest BCUT2D eigenvalue weighted by Gasteiger charge is 2.27. The van der Waals surface area contributed by atoms with Crippen molar-refractivity contribution < 1.29 is 4.79 Å². The van der Waals surface area contributed by atoms with Crippen molar-refractivity contribution in [1.82, 2.24) is 19.4 Å². The molecule has 1 saturated heterocycles. The number of nitrogens with zero attached hydrogens (tertiary/aromatic N) is 3. The van der Waals surface area contributed by atoms with Gasteiger partial charge in [-0.15, -0.1) is 11.3 Å². The van der Waals surface area contributed by atoms with Crippen LogP contribution in [0.2, 0.25) is 0 Å². The summed E-state index contributed by atoms with van der Waals surface area (Å²) in [6, 6.07) is 13.2. The van der Waals surface area contributed by atoms with Gasteiger partial charge in [-0.25, -0.2) is 4.98 Å². The largest absolute Gasteiger partial charge is 0.338 e. The SMILES string of the molecule is CCn1c(=O)c(=O)[nH]c2cc(C(=O)N3CCC[C@@H](c4nc5ccccc5s4)C3)ccc21. The van der Waals surface area contributed by atoms with E-state index >= 15 is 0 Å². The van der Waals surface area contributed by atoms with E-state index in [4.69, 9.17) is 4.98 Å². The highest BCUT2D eigenvalue weighted by Crippen LogP contribution is 2.33. The van der Waals surface area contributed by atoms with E-state index in [0.717, 1.165) is 23.4 Å². The van der Waals surface area contributed by atoms with Gasteiger partial charge in [0.15, 0.2) is 0 Å². The van der Waals surface area contributed by atoms with Crippen LogP contribution in [0.5, 0.6) is 0 Å². The van der Waals surface area contributed by atoms with Crippen molar-refractivity contribution in [3.63, 3.8) is 0 Å². The highest BCUT2D eigenvalue weighted by atomic mass is 32.1. The molecule has 2 aromatic carbocycles. The summed E-state index contributed by atoms with van der Waals surface area (Å²) in [5.74, 6) is 0.156. The number of para-hydroxylation sites is 1. The molecular formula is C23H22N4O3S. The number of hydrogen-bond donors (Lipinski definition) is 1. The van der Waals surface area contributed by atoms with Gasteiger partial charge in [-0.3, -0.25) is 14.4 Å². The van der Waals surface area contributed by atoms with Crippen LogP contribution in [0.4, 0.5) is 0 Å². The van der Waals surface area contributed by atoms with Gasteiger partial charge in [0.25, 0.3) is 5.91 Å². The minimum absolute atomic E-state index is 0.0668. The number of thiazole rings is 1. The number of amides is 1. The van der Waals surface area contributed by atoms with Crippen LogP contribution in [-0.2, 0) is 6.54 Å². The minimum Gasteiger partial charge on any atom is -0.338 e. The Hall–Kier alpha value is -3.26. The fraction of sp³-hybridized carbons (Fsp3) is 0.304. The maximum Gasteiger partial charge on any atom is 0.316 e. The number of H-pyrrole nitrogens is 1. The van der Waals surface area contributed by atoms with Crippen LogP contribution in [0.25, 0.3) is 21.3 Å². The van der Waals surface area contributed by atoms with Crippen LogP contribution in [0.3, 0.4) is 0 Å². The summed E-state index contributed by atoms with van der Waals surface area (Å²) in [5.41, 5.74) is 1.38. The topological polar surface area (TPSA) is 88.1 Å². The first-order valence-electron chi connectivity index (χ1n) is 10.5. The Morgan fingerprint density at radius 2 is 2.06 bits per heavy atom. The van der Waals surface area contributed by atoms with Crippen molar-refractivity contribution >= 4 is 38.5 Å². The number of piperidine rings is 1. The number of benzene rings is 2. The number of nitrogens with one attached hydrogen (secondary N) is 1. The standard InChI is InChI=1S/C23H22N4O3S/c1-2-27-18-10-9-14(12-17(18)24-20(28)23(27)30)22(29)26-11-5-6-15(13-26)21-25-16-7-3-4-8-19(16)31-21/h3-4,7-10,12,15H,2,5-6,11,13H2,1H3,(H,24,28)/t15-/m1/s1. The third-order valence-electron chi connectivity index (χ3n) is 5.91. The van der Waals surface area contributed by atoms with E-state index in [9.17, 15) is 14.4 Å². The lowest BCUT2D eigenvalue weighted by atomic mass is 9.98. The Labute approximate surface area is 182 Å². The van der Waals surface area contributed by atoms with Gasteiger partial charge in [0.1, 0.15) is 0 Å². The molecule has 8 heteroatoms. The molecule has 3 heterocycles. The number of rotatable bonds is 3. The Balaban J connectivity index is 1.44. The van der Waals surface area contributed by atoms with E-state index in [0.29, 0.717) is 36.2 Å². The predicted octanol–water partition coefficient (Wildman–Crippen LogP) is 3.34. The number of likely N-dealkylation sites (tertiary alicyclic amines) is 1. The molecule has 0 bridgehead atoms. The molecule has 0 radical (unpaired) electrons. The molecule has 31 heavy (non-hydrogen) atoms. The van der Waals surface area contributed by atoms with Crippen molar-refractivity contribution in [2.45, 2.75) is 32.2 Å². The summed E-state index contributed by atoms with van der Waals surface area (Å²) < 4.78 is 2.59. The molecule has 1 fully saturated rings. The summed E-state index contributed by atoms with van der Waals surface area (Å²) in [4.78, 5) is 46.6. The molecule has 0 aliphatic carbocycles. The van der Waals surface area contributed by atoms with E-state index < -0.39 is 11.1 Å². The third-order valence-corrected chi connectivity index (χ3v) is 7.11. The summed E-state index contributed by atoms with van der Waals surface area (Å²) in [7, 11) is 0. The molecule has 7 nitrogen and oxygen atoms in total. The fourth-order valence-corrected chi connectivity index (χ4v) is 5.43. The number of aryl methyl sites for hydroxylation is 1. The van der Waals surface area contributed by atoms with E-state index in [1.165, 1.54) is 9.27 Å². The average Bonchev–Trinajstić information content (AvgIpc) is 3.24. The van der Waals surface area contributed by atoms with Crippen LogP contribution < -0.4 is 11.1 Å². The molecule has 158 valence electrons. The Kier molecular flexibility index (Phi) is 4.94. The zero-order valence-electron chi connectivity index (χ0n) is 17.1. The quantitative estimate of drug-likeness (QED) is 0.501. The smallest absolute Gasteiger partial charge is 0.316 e. The van der Waals surface area contributed by atoms with Crippen molar-refractivity contribution in [1.29, 1.82) is 0 Å². The Bertz CT molecular complexity index is 1380. The Morgan fingerprint density at radius 3 is 2.87 bits per heavy atom. The summed E-state index contributed by atoms with van der Waals surface area (Å²) in [6.45, 7) is 3.53. The monoisotopic (exact) mass is 434 g/mol. The van der Waals surface area contributed by atoms with Gasteiger partial charge < -0.3 is 14.5 Å². The van der Waals surface area contributed by atoms with Gasteiger partial charge in [-0.1, -0.05) is 12.1 Å². The number of aromatic amines is 1. The lowest BCUT2D eigenvalue weighted by Gasteiger charge is -2.32. The normalized spacial score (nSPS) is 16.8. The molecule has 1 aliphatic rings. The van der Waals surface area contributed by atoms with Crippen LogP contribution in [-0.4, -0.2) is 38.4 Å². The molecule has 4 aromatic rings. The Morgan fingerprint density at radius 1 is 1.23 bits per heavy atom. The zero-order chi connectivity index (χ0) is 21.5.